The van der Waals surface area contributed by atoms with Gasteiger partial charge in [-0.25, -0.2) is 0 Å². The van der Waals surface area contributed by atoms with Crippen LogP contribution < -0.4 is 5.32 Å². The molecule has 3 heteroatoms. The Kier molecular flexibility index (Phi) is 5.06. The Hall–Kier alpha value is -1.61. The number of likely N-dealkylation sites (tertiary alicyclic amines) is 1. The molecular formula is C22H32N2O. The van der Waals surface area contributed by atoms with Crippen molar-refractivity contribution in [1.82, 2.24) is 10.2 Å². The van der Waals surface area contributed by atoms with Crippen LogP contribution in [0.4, 0.5) is 0 Å². The van der Waals surface area contributed by atoms with Gasteiger partial charge in [0.05, 0.1) is 5.92 Å². The summed E-state index contributed by atoms with van der Waals surface area (Å²) >= 11 is 0. The fraction of sp³-hybridized carbons (Fsp3) is 0.591. The predicted molar refractivity (Wildman–Crippen MR) is 103 cm³/mol. The zero-order chi connectivity index (χ0) is 18.2. The van der Waals surface area contributed by atoms with Gasteiger partial charge in [0.2, 0.25) is 5.91 Å². The summed E-state index contributed by atoms with van der Waals surface area (Å²) in [4.78, 5) is 15.2. The second kappa shape index (κ2) is 6.95. The van der Waals surface area contributed by atoms with Crippen molar-refractivity contribution in [2.45, 2.75) is 53.1 Å². The van der Waals surface area contributed by atoms with Crippen LogP contribution in [0.2, 0.25) is 0 Å². The van der Waals surface area contributed by atoms with Gasteiger partial charge < -0.3 is 5.32 Å². The number of carbonyl (C=O) groups excluding carboxylic acids is 1. The number of hydrogen-bond donors (Lipinski definition) is 1. The maximum absolute atomic E-state index is 12.8. The molecule has 1 amide bonds. The van der Waals surface area contributed by atoms with Crippen LogP contribution in [0.5, 0.6) is 0 Å². The Morgan fingerprint density at radius 2 is 1.96 bits per heavy atom. The molecule has 1 aliphatic heterocycles. The summed E-state index contributed by atoms with van der Waals surface area (Å²) in [5.41, 5.74) is 2.75. The second-order valence-electron chi connectivity index (χ2n) is 8.64. The second-order valence-corrected chi connectivity index (χ2v) is 8.64. The molecule has 1 aromatic carbocycles. The third kappa shape index (κ3) is 3.82. The Morgan fingerprint density at radius 3 is 2.60 bits per heavy atom. The lowest BCUT2D eigenvalue weighted by atomic mass is 10.1. The number of nitrogens with zero attached hydrogens (tertiary/aromatic N) is 1. The number of nitrogens with one attached hydrogen (secondary N) is 1. The van der Waals surface area contributed by atoms with Crippen molar-refractivity contribution in [3.63, 3.8) is 0 Å². The summed E-state index contributed by atoms with van der Waals surface area (Å²) in [6.07, 6.45) is 3.31. The fourth-order valence-electron chi connectivity index (χ4n) is 4.34. The van der Waals surface area contributed by atoms with Gasteiger partial charge in [0.15, 0.2) is 0 Å². The van der Waals surface area contributed by atoms with Gasteiger partial charge in [-0.1, -0.05) is 55.8 Å². The van der Waals surface area contributed by atoms with Gasteiger partial charge in [-0.05, 0) is 44.1 Å². The largest absolute Gasteiger partial charge is 0.352 e. The smallest absolute Gasteiger partial charge is 0.224 e. The quantitative estimate of drug-likeness (QED) is 0.816. The van der Waals surface area contributed by atoms with Crippen LogP contribution in [-0.2, 0) is 4.79 Å². The van der Waals surface area contributed by atoms with E-state index in [-0.39, 0.29) is 23.3 Å². The summed E-state index contributed by atoms with van der Waals surface area (Å²) in [5, 5.41) is 3.33. The van der Waals surface area contributed by atoms with Crippen LogP contribution in [0.1, 0.15) is 52.6 Å². The molecule has 1 saturated heterocycles. The van der Waals surface area contributed by atoms with Gasteiger partial charge in [-0.15, -0.1) is 0 Å². The first kappa shape index (κ1) is 18.2. The lowest BCUT2D eigenvalue weighted by Gasteiger charge is -2.25. The van der Waals surface area contributed by atoms with Crippen LogP contribution in [-0.4, -0.2) is 29.9 Å². The number of carbonyl (C=O) groups is 1. The van der Waals surface area contributed by atoms with Crippen LogP contribution in [0, 0.1) is 17.3 Å². The molecule has 1 aliphatic carbocycles. The van der Waals surface area contributed by atoms with E-state index in [0.717, 1.165) is 19.5 Å². The molecule has 1 heterocycles. The summed E-state index contributed by atoms with van der Waals surface area (Å²) in [5.74, 6) is 0.757. The molecule has 1 aromatic rings. The third-order valence-electron chi connectivity index (χ3n) is 6.10. The van der Waals surface area contributed by atoms with Crippen molar-refractivity contribution >= 4 is 5.91 Å². The lowest BCUT2D eigenvalue weighted by molar-refractivity contribution is -0.123. The lowest BCUT2D eigenvalue weighted by Crippen LogP contribution is -2.39. The maximum atomic E-state index is 12.8. The van der Waals surface area contributed by atoms with Crippen LogP contribution in [0.25, 0.3) is 0 Å². The van der Waals surface area contributed by atoms with E-state index in [0.29, 0.717) is 12.0 Å². The van der Waals surface area contributed by atoms with Crippen molar-refractivity contribution in [3.05, 3.63) is 47.5 Å². The normalized spacial score (nSPS) is 29.1. The molecule has 4 unspecified atom stereocenters. The number of hydrogen-bond acceptors (Lipinski definition) is 2. The Labute approximate surface area is 152 Å². The van der Waals surface area contributed by atoms with Crippen LogP contribution >= 0.6 is 0 Å². The molecule has 3 rings (SSSR count). The first-order valence-corrected chi connectivity index (χ1v) is 9.55. The standard InChI is InChI=1S/C22H32N2O/c1-15(2)13-19-20(22(19,4)5)21(25)23-18-11-12-24(14-18)16(3)17-9-7-6-8-10-17/h6-10,13,16,18-20H,11-12,14H2,1-5H3,(H,23,25). The molecule has 136 valence electrons. The monoisotopic (exact) mass is 340 g/mol. The minimum Gasteiger partial charge on any atom is -0.352 e. The van der Waals surface area contributed by atoms with E-state index >= 15 is 0 Å². The van der Waals surface area contributed by atoms with Gasteiger partial charge in [-0.3, -0.25) is 9.69 Å². The average Bonchev–Trinajstić information content (AvgIpc) is 2.90. The highest BCUT2D eigenvalue weighted by Gasteiger charge is 2.60. The highest BCUT2D eigenvalue weighted by Crippen LogP contribution is 2.59. The molecule has 3 nitrogen and oxygen atoms in total. The topological polar surface area (TPSA) is 32.3 Å². The third-order valence-corrected chi connectivity index (χ3v) is 6.10. The van der Waals surface area contributed by atoms with Gasteiger partial charge >= 0.3 is 0 Å². The van der Waals surface area contributed by atoms with Crippen molar-refractivity contribution in [3.8, 4) is 0 Å². The summed E-state index contributed by atoms with van der Waals surface area (Å²) in [7, 11) is 0. The molecule has 4 atom stereocenters. The summed E-state index contributed by atoms with van der Waals surface area (Å²) in [6, 6.07) is 11.3. The number of allylic oxidation sites excluding steroid dienone is 2. The Balaban J connectivity index is 1.55. The number of benzene rings is 1. The van der Waals surface area contributed by atoms with E-state index in [4.69, 9.17) is 0 Å². The average molecular weight is 341 g/mol. The van der Waals surface area contributed by atoms with Crippen LogP contribution in [0.15, 0.2) is 42.0 Å². The van der Waals surface area contributed by atoms with Gasteiger partial charge in [0, 0.05) is 25.2 Å². The van der Waals surface area contributed by atoms with Crippen molar-refractivity contribution in [1.29, 1.82) is 0 Å². The first-order chi connectivity index (χ1) is 11.8. The minimum atomic E-state index is 0.0942. The molecule has 25 heavy (non-hydrogen) atoms. The Morgan fingerprint density at radius 1 is 1.28 bits per heavy atom. The van der Waals surface area contributed by atoms with Crippen molar-refractivity contribution < 1.29 is 4.79 Å². The van der Waals surface area contributed by atoms with Crippen molar-refractivity contribution in [2.75, 3.05) is 13.1 Å². The molecule has 2 fully saturated rings. The van der Waals surface area contributed by atoms with E-state index in [2.05, 4.69) is 81.2 Å². The molecule has 0 bridgehead atoms. The summed E-state index contributed by atoms with van der Waals surface area (Å²) in [6.45, 7) is 12.9. The van der Waals surface area contributed by atoms with E-state index in [9.17, 15) is 4.79 Å². The van der Waals surface area contributed by atoms with E-state index in [1.165, 1.54) is 11.1 Å². The van der Waals surface area contributed by atoms with Gasteiger partial charge in [0.25, 0.3) is 0 Å². The molecule has 2 aliphatic rings. The predicted octanol–water partition coefficient (Wildman–Crippen LogP) is 4.18. The zero-order valence-corrected chi connectivity index (χ0v) is 16.3. The molecule has 0 radical (unpaired) electrons. The minimum absolute atomic E-state index is 0.0942. The summed E-state index contributed by atoms with van der Waals surface area (Å²) < 4.78 is 0. The number of amides is 1. The number of rotatable bonds is 5. The van der Waals surface area contributed by atoms with E-state index < -0.39 is 0 Å². The molecule has 1 saturated carbocycles. The highest BCUT2D eigenvalue weighted by atomic mass is 16.2. The first-order valence-electron chi connectivity index (χ1n) is 9.55. The van der Waals surface area contributed by atoms with E-state index in [1.807, 2.05) is 0 Å². The van der Waals surface area contributed by atoms with Crippen LogP contribution in [0.3, 0.4) is 0 Å². The molecule has 0 spiro atoms. The SMILES string of the molecule is CC(C)=CC1C(C(=O)NC2CCN(C(C)c3ccccc3)C2)C1(C)C. The molecular weight excluding hydrogens is 308 g/mol. The Bertz CT molecular complexity index is 645. The maximum Gasteiger partial charge on any atom is 0.224 e. The fourth-order valence-corrected chi connectivity index (χ4v) is 4.34. The molecule has 1 N–H and O–H groups in total. The zero-order valence-electron chi connectivity index (χ0n) is 16.3. The van der Waals surface area contributed by atoms with Gasteiger partial charge in [-0.2, -0.15) is 0 Å². The van der Waals surface area contributed by atoms with Gasteiger partial charge in [0.1, 0.15) is 0 Å². The van der Waals surface area contributed by atoms with Crippen molar-refractivity contribution in [2.24, 2.45) is 17.3 Å². The highest BCUT2D eigenvalue weighted by molar-refractivity contribution is 5.84. The van der Waals surface area contributed by atoms with E-state index in [1.54, 1.807) is 0 Å². The molecule has 0 aromatic heterocycles.